The lowest BCUT2D eigenvalue weighted by Gasteiger charge is -1.49. The Balaban J connectivity index is 0.000000112. The number of H-pyrrole nitrogens is 1. The van der Waals surface area contributed by atoms with E-state index in [0.29, 0.717) is 0 Å². The maximum Gasteiger partial charge on any atom is 0.123 e. The van der Waals surface area contributed by atoms with Gasteiger partial charge >= 0.3 is 0 Å². The molecule has 0 unspecified atom stereocenters. The normalized spacial score (nSPS) is 8.00. The summed E-state index contributed by atoms with van der Waals surface area (Å²) in [6.07, 6.45) is 8.32. The van der Waals surface area contributed by atoms with E-state index >= 15 is 0 Å². The average molecular weight is 222 g/mol. The van der Waals surface area contributed by atoms with Crippen molar-refractivity contribution in [2.45, 2.75) is 0 Å². The van der Waals surface area contributed by atoms with E-state index in [0.717, 1.165) is 0 Å². The highest BCUT2D eigenvalue weighted by Gasteiger charge is 1.60. The van der Waals surface area contributed by atoms with Gasteiger partial charge in [0.05, 0.1) is 6.20 Å². The largest absolute Gasteiger partial charge is 0.365 e. The number of hydrogen-bond acceptors (Lipinski definition) is 5. The lowest BCUT2D eigenvalue weighted by atomic mass is 10.8. The molecule has 1 N–H and O–H groups in total. The van der Waals surface area contributed by atoms with E-state index in [2.05, 4.69) is 24.3 Å². The molecule has 0 aliphatic carbocycles. The summed E-state index contributed by atoms with van der Waals surface area (Å²) < 4.78 is 8.10. The number of aromatic nitrogens is 4. The van der Waals surface area contributed by atoms with Gasteiger partial charge in [0, 0.05) is 24.0 Å². The van der Waals surface area contributed by atoms with Gasteiger partial charge in [0.1, 0.15) is 6.26 Å². The average Bonchev–Trinajstić information content (AvgIpc) is 3.09. The molecule has 3 aromatic heterocycles. The monoisotopic (exact) mass is 222 g/mol. The number of aromatic amines is 1. The zero-order valence-electron chi connectivity index (χ0n) is 7.85. The van der Waals surface area contributed by atoms with Crippen LogP contribution in [0.2, 0.25) is 0 Å². The molecule has 0 aromatic carbocycles. The van der Waals surface area contributed by atoms with Crippen molar-refractivity contribution in [1.82, 2.24) is 19.7 Å². The Morgan fingerprint density at radius 1 is 1.07 bits per heavy atom. The van der Waals surface area contributed by atoms with Crippen LogP contribution in [0.3, 0.4) is 0 Å². The molecule has 78 valence electrons. The van der Waals surface area contributed by atoms with Crippen molar-refractivity contribution in [1.29, 1.82) is 0 Å². The molecule has 0 saturated carbocycles. The molecular weight excluding hydrogens is 212 g/mol. The molecule has 0 spiro atoms. The van der Waals surface area contributed by atoms with E-state index in [-0.39, 0.29) is 0 Å². The summed E-state index contributed by atoms with van der Waals surface area (Å²) in [4.78, 5) is 0. The topological polar surface area (TPSA) is 67.6 Å². The van der Waals surface area contributed by atoms with Crippen molar-refractivity contribution < 1.29 is 4.52 Å². The van der Waals surface area contributed by atoms with E-state index in [1.54, 1.807) is 30.9 Å². The van der Waals surface area contributed by atoms with E-state index in [1.807, 2.05) is 17.5 Å². The third kappa shape index (κ3) is 7.15. The molecule has 3 aromatic rings. The first-order valence-corrected chi connectivity index (χ1v) is 4.96. The molecule has 5 nitrogen and oxygen atoms in total. The molecule has 0 fully saturated rings. The summed E-state index contributed by atoms with van der Waals surface area (Å²) in [5.74, 6) is 0. The molecule has 0 amide bonds. The number of nitrogens with zero attached hydrogens (tertiary/aromatic N) is 3. The van der Waals surface area contributed by atoms with Gasteiger partial charge in [0.2, 0.25) is 0 Å². The van der Waals surface area contributed by atoms with Crippen LogP contribution in [0.4, 0.5) is 0 Å². The van der Waals surface area contributed by atoms with Crippen molar-refractivity contribution >= 4 is 11.5 Å². The Morgan fingerprint density at radius 3 is 2.27 bits per heavy atom. The first-order valence-electron chi connectivity index (χ1n) is 4.12. The fraction of sp³-hybridized carbons (Fsp3) is 0. The fourth-order valence-corrected chi connectivity index (χ4v) is 0.918. The standard InChI is InChI=1S/C3H4N2.C3H3NO.C3H3NS/c3*1-2-4-5-3-1/h1-3H,(H,4,5);2*1-3H. The lowest BCUT2D eigenvalue weighted by molar-refractivity contribution is 0.420. The Kier molecular flexibility index (Phi) is 6.41. The summed E-state index contributed by atoms with van der Waals surface area (Å²) in [6.45, 7) is 0. The SMILES string of the molecule is c1cn[nH]c1.c1cnoc1.c1cnsc1. The summed E-state index contributed by atoms with van der Waals surface area (Å²) in [5.41, 5.74) is 0. The number of nitrogens with one attached hydrogen (secondary N) is 1. The van der Waals surface area contributed by atoms with Gasteiger partial charge < -0.3 is 4.52 Å². The molecule has 0 bridgehead atoms. The van der Waals surface area contributed by atoms with E-state index < -0.39 is 0 Å². The fourth-order valence-electron chi connectivity index (χ4n) is 0.567. The van der Waals surface area contributed by atoms with Crippen LogP contribution < -0.4 is 0 Å². The summed E-state index contributed by atoms with van der Waals surface area (Å²) in [7, 11) is 0. The van der Waals surface area contributed by atoms with E-state index in [9.17, 15) is 0 Å². The van der Waals surface area contributed by atoms with Gasteiger partial charge in [-0.05, 0) is 29.7 Å². The Labute approximate surface area is 90.9 Å². The second kappa shape index (κ2) is 8.64. The number of rotatable bonds is 0. The summed E-state index contributed by atoms with van der Waals surface area (Å²) in [5, 5.41) is 11.5. The highest BCUT2D eigenvalue weighted by molar-refractivity contribution is 7.03. The second-order valence-electron chi connectivity index (χ2n) is 2.14. The Hall–Kier alpha value is -1.95. The van der Waals surface area contributed by atoms with Gasteiger partial charge in [-0.3, -0.25) is 5.10 Å². The third-order valence-electron chi connectivity index (χ3n) is 1.10. The van der Waals surface area contributed by atoms with Crippen LogP contribution in [0.15, 0.2) is 59.2 Å². The molecular formula is C9H10N4OS. The van der Waals surface area contributed by atoms with E-state index in [1.165, 1.54) is 17.8 Å². The molecule has 15 heavy (non-hydrogen) atoms. The zero-order chi connectivity index (χ0) is 10.6. The molecule has 3 heterocycles. The molecule has 3 rings (SSSR count). The van der Waals surface area contributed by atoms with Crippen LogP contribution >= 0.6 is 11.5 Å². The Morgan fingerprint density at radius 2 is 2.07 bits per heavy atom. The van der Waals surface area contributed by atoms with Gasteiger partial charge in [-0.15, -0.1) is 0 Å². The Bertz CT molecular complexity index is 254. The van der Waals surface area contributed by atoms with Crippen LogP contribution in [0.1, 0.15) is 0 Å². The molecule has 0 radical (unpaired) electrons. The molecule has 0 saturated heterocycles. The van der Waals surface area contributed by atoms with E-state index in [4.69, 9.17) is 0 Å². The molecule has 6 heteroatoms. The van der Waals surface area contributed by atoms with Crippen molar-refractivity contribution in [3.8, 4) is 0 Å². The van der Waals surface area contributed by atoms with Crippen LogP contribution in [0.25, 0.3) is 0 Å². The smallest absolute Gasteiger partial charge is 0.123 e. The summed E-state index contributed by atoms with van der Waals surface area (Å²) >= 11 is 1.46. The van der Waals surface area contributed by atoms with Crippen molar-refractivity contribution in [3.63, 3.8) is 0 Å². The highest BCUT2D eigenvalue weighted by atomic mass is 32.1. The van der Waals surface area contributed by atoms with Crippen LogP contribution in [-0.4, -0.2) is 19.7 Å². The van der Waals surface area contributed by atoms with Crippen molar-refractivity contribution in [2.24, 2.45) is 0 Å². The van der Waals surface area contributed by atoms with Crippen LogP contribution in [-0.2, 0) is 0 Å². The maximum absolute atomic E-state index is 4.33. The predicted octanol–water partition coefficient (Wildman–Crippen LogP) is 2.23. The minimum atomic E-state index is 1.46. The van der Waals surface area contributed by atoms with Gasteiger partial charge in [-0.1, -0.05) is 5.16 Å². The first-order chi connectivity index (χ1) is 7.50. The molecule has 0 aliphatic heterocycles. The quantitative estimate of drug-likeness (QED) is 0.633. The first kappa shape index (κ1) is 11.1. The van der Waals surface area contributed by atoms with Crippen molar-refractivity contribution in [3.05, 3.63) is 54.6 Å². The second-order valence-corrected chi connectivity index (χ2v) is 2.84. The molecule has 0 aliphatic rings. The maximum atomic E-state index is 4.33. The minimum absolute atomic E-state index is 1.46. The zero-order valence-corrected chi connectivity index (χ0v) is 8.67. The van der Waals surface area contributed by atoms with Gasteiger partial charge in [-0.2, -0.15) is 5.10 Å². The summed E-state index contributed by atoms with van der Waals surface area (Å²) in [6, 6.07) is 5.46. The van der Waals surface area contributed by atoms with Crippen LogP contribution in [0, 0.1) is 0 Å². The third-order valence-corrected chi connectivity index (χ3v) is 1.62. The number of hydrogen-bond donors (Lipinski definition) is 1. The van der Waals surface area contributed by atoms with Gasteiger partial charge in [0.25, 0.3) is 0 Å². The van der Waals surface area contributed by atoms with Gasteiger partial charge in [-0.25, -0.2) is 4.37 Å². The molecule has 0 atom stereocenters. The van der Waals surface area contributed by atoms with Crippen LogP contribution in [0.5, 0.6) is 0 Å². The minimum Gasteiger partial charge on any atom is -0.365 e. The predicted molar refractivity (Wildman–Crippen MR) is 57.2 cm³/mol. The van der Waals surface area contributed by atoms with Gasteiger partial charge in [0.15, 0.2) is 0 Å². The highest BCUT2D eigenvalue weighted by Crippen LogP contribution is 1.83. The lowest BCUT2D eigenvalue weighted by Crippen LogP contribution is -1.53. The van der Waals surface area contributed by atoms with Crippen molar-refractivity contribution in [2.75, 3.05) is 0 Å².